The molecule has 0 bridgehead atoms. The van der Waals surface area contributed by atoms with E-state index in [4.69, 9.17) is 11.6 Å². The number of rotatable bonds is 4. The van der Waals surface area contributed by atoms with Gasteiger partial charge in [-0.15, -0.1) is 6.58 Å². The third-order valence-electron chi connectivity index (χ3n) is 2.76. The first kappa shape index (κ1) is 15.4. The highest BCUT2D eigenvalue weighted by molar-refractivity contribution is 6.32. The van der Waals surface area contributed by atoms with E-state index < -0.39 is 11.7 Å². The summed E-state index contributed by atoms with van der Waals surface area (Å²) in [6.45, 7) is 5.76. The van der Waals surface area contributed by atoms with E-state index in [2.05, 4.69) is 16.9 Å². The minimum absolute atomic E-state index is 0.210. The van der Waals surface area contributed by atoms with Crippen molar-refractivity contribution in [1.82, 2.24) is 9.55 Å². The first-order valence-electron chi connectivity index (χ1n) is 6.11. The number of anilines is 1. The number of benzene rings is 1. The lowest BCUT2D eigenvalue weighted by Gasteiger charge is -2.13. The molecule has 1 heterocycles. The van der Waals surface area contributed by atoms with Crippen molar-refractivity contribution in [3.8, 4) is 5.69 Å². The minimum Gasteiger partial charge on any atom is -0.352 e. The van der Waals surface area contributed by atoms with E-state index in [1.54, 1.807) is 19.2 Å². The third kappa shape index (κ3) is 3.39. The lowest BCUT2D eigenvalue weighted by atomic mass is 10.2. The number of hydrogen-bond acceptors (Lipinski definition) is 2. The van der Waals surface area contributed by atoms with Crippen LogP contribution in [0.3, 0.4) is 0 Å². The zero-order valence-electron chi connectivity index (χ0n) is 11.2. The molecule has 0 saturated carbocycles. The molecule has 1 N–H and O–H groups in total. The van der Waals surface area contributed by atoms with Gasteiger partial charge in [0.25, 0.3) is 0 Å². The predicted octanol–water partition coefficient (Wildman–Crippen LogP) is 4.45. The number of nitrogens with zero attached hydrogens (tertiary/aromatic N) is 2. The Kier molecular flexibility index (Phi) is 4.27. The van der Waals surface area contributed by atoms with Gasteiger partial charge in [-0.25, -0.2) is 4.98 Å². The quantitative estimate of drug-likeness (QED) is 0.845. The summed E-state index contributed by atoms with van der Waals surface area (Å²) in [5, 5.41) is 3.17. The number of aromatic nitrogens is 2. The lowest BCUT2D eigenvalue weighted by Crippen LogP contribution is -2.09. The van der Waals surface area contributed by atoms with Crippen molar-refractivity contribution >= 4 is 17.5 Å². The molecular weight excluding hydrogens is 303 g/mol. The molecule has 0 radical (unpaired) electrons. The highest BCUT2D eigenvalue weighted by Gasteiger charge is 2.31. The van der Waals surface area contributed by atoms with Crippen molar-refractivity contribution in [2.75, 3.05) is 11.9 Å². The van der Waals surface area contributed by atoms with Gasteiger partial charge >= 0.3 is 6.18 Å². The van der Waals surface area contributed by atoms with Crippen molar-refractivity contribution in [2.45, 2.75) is 13.1 Å². The highest BCUT2D eigenvalue weighted by atomic mass is 35.5. The standard InChI is InChI=1S/C14H13ClF3N3/c1-3-6-19-13-20-9(2)8-21(13)12-7-10(14(16,17)18)4-5-11(12)15/h3-5,7-8H,1,6H2,2H3,(H,19,20). The average molecular weight is 316 g/mol. The van der Waals surface area contributed by atoms with Gasteiger partial charge < -0.3 is 5.32 Å². The Morgan fingerprint density at radius 3 is 2.76 bits per heavy atom. The molecule has 0 aliphatic rings. The first-order chi connectivity index (χ1) is 9.82. The monoisotopic (exact) mass is 315 g/mol. The topological polar surface area (TPSA) is 29.9 Å². The molecule has 0 unspecified atom stereocenters. The average Bonchev–Trinajstić information content (AvgIpc) is 2.76. The maximum absolute atomic E-state index is 12.8. The summed E-state index contributed by atoms with van der Waals surface area (Å²) in [4.78, 5) is 4.22. The summed E-state index contributed by atoms with van der Waals surface area (Å²) in [5.74, 6) is 0.411. The van der Waals surface area contributed by atoms with Crippen molar-refractivity contribution in [1.29, 1.82) is 0 Å². The summed E-state index contributed by atoms with van der Waals surface area (Å²) >= 11 is 6.03. The van der Waals surface area contributed by atoms with Crippen LogP contribution in [0.4, 0.5) is 19.1 Å². The van der Waals surface area contributed by atoms with Crippen LogP contribution in [0.1, 0.15) is 11.3 Å². The number of hydrogen-bond donors (Lipinski definition) is 1. The van der Waals surface area contributed by atoms with Crippen LogP contribution in [0.15, 0.2) is 37.1 Å². The van der Waals surface area contributed by atoms with Gasteiger partial charge in [-0.2, -0.15) is 13.2 Å². The number of halogens is 4. The lowest BCUT2D eigenvalue weighted by molar-refractivity contribution is -0.137. The number of aryl methyl sites for hydroxylation is 1. The van der Waals surface area contributed by atoms with E-state index in [1.807, 2.05) is 0 Å². The van der Waals surface area contributed by atoms with Gasteiger partial charge in [0.1, 0.15) is 0 Å². The normalized spacial score (nSPS) is 11.5. The highest BCUT2D eigenvalue weighted by Crippen LogP contribution is 2.34. The van der Waals surface area contributed by atoms with Crippen molar-refractivity contribution in [3.63, 3.8) is 0 Å². The van der Waals surface area contributed by atoms with E-state index in [0.717, 1.165) is 12.1 Å². The first-order valence-corrected chi connectivity index (χ1v) is 6.48. The van der Waals surface area contributed by atoms with Gasteiger partial charge in [-0.1, -0.05) is 17.7 Å². The molecule has 0 saturated heterocycles. The van der Waals surface area contributed by atoms with E-state index in [0.29, 0.717) is 18.2 Å². The van der Waals surface area contributed by atoms with Crippen molar-refractivity contribution in [3.05, 3.63) is 53.3 Å². The van der Waals surface area contributed by atoms with Gasteiger partial charge in [0.15, 0.2) is 0 Å². The molecule has 0 spiro atoms. The van der Waals surface area contributed by atoms with Crippen LogP contribution in [0, 0.1) is 6.92 Å². The minimum atomic E-state index is -4.43. The largest absolute Gasteiger partial charge is 0.416 e. The fourth-order valence-corrected chi connectivity index (χ4v) is 2.05. The van der Waals surface area contributed by atoms with Crippen LogP contribution in [0.2, 0.25) is 5.02 Å². The fourth-order valence-electron chi connectivity index (χ4n) is 1.84. The molecule has 2 rings (SSSR count). The Morgan fingerprint density at radius 1 is 1.43 bits per heavy atom. The SMILES string of the molecule is C=CCNc1nc(C)cn1-c1cc(C(F)(F)F)ccc1Cl. The van der Waals surface area contributed by atoms with Crippen LogP contribution < -0.4 is 5.32 Å². The molecule has 1 aromatic carbocycles. The Hall–Kier alpha value is -1.95. The molecular formula is C14H13ClF3N3. The second-order valence-corrected chi connectivity index (χ2v) is 4.82. The predicted molar refractivity (Wildman–Crippen MR) is 77.0 cm³/mol. The second kappa shape index (κ2) is 5.81. The van der Waals surface area contributed by atoms with Gasteiger partial charge in [-0.05, 0) is 25.1 Å². The Morgan fingerprint density at radius 2 is 2.14 bits per heavy atom. The smallest absolute Gasteiger partial charge is 0.352 e. The van der Waals surface area contributed by atoms with Crippen LogP contribution in [-0.2, 0) is 6.18 Å². The van der Waals surface area contributed by atoms with E-state index in [1.165, 1.54) is 10.6 Å². The zero-order chi connectivity index (χ0) is 15.6. The number of imidazole rings is 1. The molecule has 21 heavy (non-hydrogen) atoms. The molecule has 2 aromatic rings. The molecule has 7 heteroatoms. The zero-order valence-corrected chi connectivity index (χ0v) is 12.0. The third-order valence-corrected chi connectivity index (χ3v) is 3.08. The van der Waals surface area contributed by atoms with Crippen molar-refractivity contribution < 1.29 is 13.2 Å². The fraction of sp³-hybridized carbons (Fsp3) is 0.214. The van der Waals surface area contributed by atoms with Gasteiger partial charge in [0, 0.05) is 12.7 Å². The van der Waals surface area contributed by atoms with Crippen LogP contribution in [0.25, 0.3) is 5.69 Å². The maximum atomic E-state index is 12.8. The maximum Gasteiger partial charge on any atom is 0.416 e. The molecule has 0 fully saturated rings. The molecule has 0 amide bonds. The summed E-state index contributed by atoms with van der Waals surface area (Å²) in [5.41, 5.74) is 0.122. The summed E-state index contributed by atoms with van der Waals surface area (Å²) in [7, 11) is 0. The summed E-state index contributed by atoms with van der Waals surface area (Å²) < 4.78 is 40.0. The van der Waals surface area contributed by atoms with Gasteiger partial charge in [0.05, 0.1) is 22.0 Å². The van der Waals surface area contributed by atoms with Gasteiger partial charge in [0.2, 0.25) is 5.95 Å². The number of alkyl halides is 3. The summed E-state index contributed by atoms with van der Waals surface area (Å²) in [6.07, 6.45) is -1.18. The van der Waals surface area contributed by atoms with Crippen LogP contribution >= 0.6 is 11.6 Å². The molecule has 0 aliphatic carbocycles. The molecule has 0 aliphatic heterocycles. The van der Waals surface area contributed by atoms with Crippen LogP contribution in [0.5, 0.6) is 0 Å². The van der Waals surface area contributed by atoms with E-state index >= 15 is 0 Å². The van der Waals surface area contributed by atoms with E-state index in [9.17, 15) is 13.2 Å². The Balaban J connectivity index is 2.53. The summed E-state index contributed by atoms with van der Waals surface area (Å²) in [6, 6.07) is 3.18. The van der Waals surface area contributed by atoms with Crippen molar-refractivity contribution in [2.24, 2.45) is 0 Å². The van der Waals surface area contributed by atoms with Gasteiger partial charge in [-0.3, -0.25) is 4.57 Å². The van der Waals surface area contributed by atoms with E-state index in [-0.39, 0.29) is 10.7 Å². The number of nitrogens with one attached hydrogen (secondary N) is 1. The molecule has 1 aromatic heterocycles. The second-order valence-electron chi connectivity index (χ2n) is 4.41. The Labute approximate surface area is 125 Å². The molecule has 112 valence electrons. The Bertz CT molecular complexity index is 662. The van der Waals surface area contributed by atoms with Crippen LogP contribution in [-0.4, -0.2) is 16.1 Å². The molecule has 3 nitrogen and oxygen atoms in total. The molecule has 0 atom stereocenters.